The van der Waals surface area contributed by atoms with Crippen LogP contribution in [0.2, 0.25) is 5.02 Å². The number of carbonyl (C=O) groups excluding carboxylic acids is 1. The molecule has 2 aromatic heterocycles. The number of hydrogen-bond donors (Lipinski definition) is 1. The van der Waals surface area contributed by atoms with E-state index < -0.39 is 5.82 Å². The number of likely N-dealkylation sites (N-methyl/N-ethyl adjacent to an activating group) is 1. The van der Waals surface area contributed by atoms with Gasteiger partial charge in [0.1, 0.15) is 22.8 Å². The average molecular weight is 474 g/mol. The van der Waals surface area contributed by atoms with Crippen LogP contribution in [0.25, 0.3) is 10.2 Å². The van der Waals surface area contributed by atoms with Gasteiger partial charge in [0.15, 0.2) is 0 Å². The number of hydrogen-bond acceptors (Lipinski definition) is 6. The maximum absolute atomic E-state index is 13.5. The van der Waals surface area contributed by atoms with Gasteiger partial charge in [-0.25, -0.2) is 14.4 Å². The molecule has 9 heteroatoms. The minimum absolute atomic E-state index is 0.0330. The lowest BCUT2D eigenvalue weighted by Crippen LogP contribution is -2.34. The molecular formula is C23H25ClFN5OS. The second kappa shape index (κ2) is 9.94. The van der Waals surface area contributed by atoms with Crippen molar-refractivity contribution in [1.82, 2.24) is 19.8 Å². The third kappa shape index (κ3) is 4.77. The number of nitrogens with zero attached hydrogens (tertiary/aromatic N) is 4. The van der Waals surface area contributed by atoms with Crippen LogP contribution in [0.3, 0.4) is 0 Å². The first-order valence-electron chi connectivity index (χ1n) is 10.6. The summed E-state index contributed by atoms with van der Waals surface area (Å²) < 4.78 is 13.5. The molecule has 0 fully saturated rings. The fourth-order valence-electron chi connectivity index (χ4n) is 3.81. The summed E-state index contributed by atoms with van der Waals surface area (Å²) in [6.45, 7) is 8.14. The van der Waals surface area contributed by atoms with Crippen LogP contribution in [-0.4, -0.2) is 51.9 Å². The normalized spacial score (nSPS) is 13.8. The van der Waals surface area contributed by atoms with Gasteiger partial charge in [0, 0.05) is 29.7 Å². The second-order valence-corrected chi connectivity index (χ2v) is 9.05. The van der Waals surface area contributed by atoms with Gasteiger partial charge in [0.25, 0.3) is 0 Å². The topological polar surface area (TPSA) is 61.4 Å². The summed E-state index contributed by atoms with van der Waals surface area (Å²) in [5.41, 5.74) is 1.82. The SMILES string of the molecule is CCN(CC)C/C=C/C(=O)N1CCc2c(sc3ncnc(Nc4ccc(F)c(Cl)c4)c23)C1. The Balaban J connectivity index is 1.53. The fraction of sp³-hybridized carbons (Fsp3) is 0.348. The van der Waals surface area contributed by atoms with Gasteiger partial charge in [0.05, 0.1) is 17.0 Å². The van der Waals surface area contributed by atoms with Crippen molar-refractivity contribution in [3.63, 3.8) is 0 Å². The van der Waals surface area contributed by atoms with Gasteiger partial charge in [-0.1, -0.05) is 31.5 Å². The molecule has 1 aliphatic heterocycles. The van der Waals surface area contributed by atoms with Crippen LogP contribution in [-0.2, 0) is 17.8 Å². The summed E-state index contributed by atoms with van der Waals surface area (Å²) in [4.78, 5) is 27.7. The van der Waals surface area contributed by atoms with E-state index in [1.165, 1.54) is 18.5 Å². The molecule has 3 aromatic rings. The van der Waals surface area contributed by atoms with E-state index in [0.717, 1.165) is 46.7 Å². The molecule has 6 nitrogen and oxygen atoms in total. The average Bonchev–Trinajstić information content (AvgIpc) is 3.18. The molecule has 0 aliphatic carbocycles. The van der Waals surface area contributed by atoms with E-state index in [1.807, 2.05) is 11.0 Å². The van der Waals surface area contributed by atoms with Gasteiger partial charge in [-0.3, -0.25) is 4.79 Å². The quantitative estimate of drug-likeness (QED) is 0.489. The Bertz CT molecular complexity index is 1160. The largest absolute Gasteiger partial charge is 0.340 e. The molecule has 0 unspecified atom stereocenters. The van der Waals surface area contributed by atoms with E-state index in [-0.39, 0.29) is 10.9 Å². The van der Waals surface area contributed by atoms with Gasteiger partial charge < -0.3 is 15.1 Å². The molecule has 0 spiro atoms. The predicted octanol–water partition coefficient (Wildman–Crippen LogP) is 5.01. The number of benzene rings is 1. The maximum Gasteiger partial charge on any atom is 0.246 e. The molecule has 1 amide bonds. The minimum atomic E-state index is -0.464. The van der Waals surface area contributed by atoms with E-state index >= 15 is 0 Å². The predicted molar refractivity (Wildman–Crippen MR) is 128 cm³/mol. The standard InChI is InChI=1S/C23H25ClFN5OS/c1-3-29(4-2)10-5-6-20(31)30-11-9-16-19(13-30)32-23-21(16)22(26-14-27-23)28-15-7-8-18(25)17(24)12-15/h5-8,12,14H,3-4,9-11,13H2,1-2H3,(H,26,27,28)/b6-5+. The molecule has 168 valence electrons. The Kier molecular flexibility index (Phi) is 7.03. The van der Waals surface area contributed by atoms with Crippen LogP contribution in [0.15, 0.2) is 36.7 Å². The number of thiophene rings is 1. The minimum Gasteiger partial charge on any atom is -0.340 e. The molecule has 1 N–H and O–H groups in total. The van der Waals surface area contributed by atoms with Crippen LogP contribution < -0.4 is 5.32 Å². The van der Waals surface area contributed by atoms with Crippen molar-refractivity contribution in [2.75, 3.05) is 31.5 Å². The second-order valence-electron chi connectivity index (χ2n) is 7.56. The Morgan fingerprint density at radius 1 is 1.34 bits per heavy atom. The van der Waals surface area contributed by atoms with Crippen LogP contribution in [0, 0.1) is 5.82 Å². The third-order valence-electron chi connectivity index (χ3n) is 5.65. The lowest BCUT2D eigenvalue weighted by atomic mass is 10.0. The Morgan fingerprint density at radius 2 is 2.16 bits per heavy atom. The Hall–Kier alpha value is -2.55. The number of anilines is 2. The van der Waals surface area contributed by atoms with Gasteiger partial charge in [-0.15, -0.1) is 11.3 Å². The number of nitrogens with one attached hydrogen (secondary N) is 1. The molecule has 0 atom stereocenters. The summed E-state index contributed by atoms with van der Waals surface area (Å²) in [5, 5.41) is 4.25. The van der Waals surface area contributed by atoms with E-state index in [9.17, 15) is 9.18 Å². The maximum atomic E-state index is 13.5. The number of amides is 1. The molecule has 0 bridgehead atoms. The van der Waals surface area contributed by atoms with Crippen molar-refractivity contribution < 1.29 is 9.18 Å². The van der Waals surface area contributed by atoms with Gasteiger partial charge in [0.2, 0.25) is 5.91 Å². The van der Waals surface area contributed by atoms with Crippen LogP contribution in [0.5, 0.6) is 0 Å². The first-order chi connectivity index (χ1) is 15.5. The molecule has 3 heterocycles. The number of carbonyl (C=O) groups is 1. The van der Waals surface area contributed by atoms with E-state index in [0.29, 0.717) is 24.6 Å². The van der Waals surface area contributed by atoms with Gasteiger partial charge in [-0.2, -0.15) is 0 Å². The number of aromatic nitrogens is 2. The summed E-state index contributed by atoms with van der Waals surface area (Å²) in [6, 6.07) is 4.48. The monoisotopic (exact) mass is 473 g/mol. The zero-order valence-electron chi connectivity index (χ0n) is 18.1. The molecule has 1 aliphatic rings. The molecule has 32 heavy (non-hydrogen) atoms. The molecular weight excluding hydrogens is 449 g/mol. The number of fused-ring (bicyclic) bond motifs is 3. The van der Waals surface area contributed by atoms with E-state index in [4.69, 9.17) is 11.6 Å². The van der Waals surface area contributed by atoms with E-state index in [1.54, 1.807) is 23.5 Å². The molecule has 1 aromatic carbocycles. The zero-order valence-corrected chi connectivity index (χ0v) is 19.6. The lowest BCUT2D eigenvalue weighted by Gasteiger charge is -2.26. The highest BCUT2D eigenvalue weighted by Gasteiger charge is 2.25. The lowest BCUT2D eigenvalue weighted by molar-refractivity contribution is -0.126. The summed E-state index contributed by atoms with van der Waals surface area (Å²) in [7, 11) is 0. The number of rotatable bonds is 7. The molecule has 0 saturated heterocycles. The smallest absolute Gasteiger partial charge is 0.246 e. The third-order valence-corrected chi connectivity index (χ3v) is 7.06. The number of halogens is 2. The van der Waals surface area contributed by atoms with Crippen molar-refractivity contribution >= 4 is 50.6 Å². The molecule has 4 rings (SSSR count). The van der Waals surface area contributed by atoms with Crippen molar-refractivity contribution in [2.45, 2.75) is 26.8 Å². The van der Waals surface area contributed by atoms with Crippen molar-refractivity contribution in [3.05, 3.63) is 58.0 Å². The summed E-state index contributed by atoms with van der Waals surface area (Å²) in [6.07, 6.45) is 5.87. The summed E-state index contributed by atoms with van der Waals surface area (Å²) >= 11 is 7.50. The first kappa shape index (κ1) is 22.6. The van der Waals surface area contributed by atoms with Crippen molar-refractivity contribution in [2.24, 2.45) is 0 Å². The molecule has 0 radical (unpaired) electrons. The van der Waals surface area contributed by atoms with Crippen molar-refractivity contribution in [1.29, 1.82) is 0 Å². The van der Waals surface area contributed by atoms with Gasteiger partial charge >= 0.3 is 0 Å². The van der Waals surface area contributed by atoms with Crippen LogP contribution in [0.1, 0.15) is 24.3 Å². The van der Waals surface area contributed by atoms with E-state index in [2.05, 4.69) is 34.0 Å². The van der Waals surface area contributed by atoms with Crippen LogP contribution in [0.4, 0.5) is 15.9 Å². The highest BCUT2D eigenvalue weighted by Crippen LogP contribution is 2.38. The highest BCUT2D eigenvalue weighted by atomic mass is 35.5. The van der Waals surface area contributed by atoms with Crippen LogP contribution >= 0.6 is 22.9 Å². The Labute approximate surface area is 195 Å². The fourth-order valence-corrected chi connectivity index (χ4v) is 5.19. The summed E-state index contributed by atoms with van der Waals surface area (Å²) in [5.74, 6) is 0.230. The zero-order chi connectivity index (χ0) is 22.7. The molecule has 0 saturated carbocycles. The Morgan fingerprint density at radius 3 is 2.91 bits per heavy atom. The van der Waals surface area contributed by atoms with Gasteiger partial charge in [-0.05, 0) is 43.3 Å². The highest BCUT2D eigenvalue weighted by molar-refractivity contribution is 7.19. The van der Waals surface area contributed by atoms with Crippen molar-refractivity contribution in [3.8, 4) is 0 Å². The first-order valence-corrected chi connectivity index (χ1v) is 11.8.